The minimum Gasteiger partial charge on any atom is -0.348 e. The highest BCUT2D eigenvalue weighted by Gasteiger charge is 2.26. The van der Waals surface area contributed by atoms with E-state index in [2.05, 4.69) is 16.0 Å². The van der Waals surface area contributed by atoms with Crippen molar-refractivity contribution in [3.05, 3.63) is 65.2 Å². The summed E-state index contributed by atoms with van der Waals surface area (Å²) in [5, 5.41) is 9.04. The Hall–Kier alpha value is -2.66. The van der Waals surface area contributed by atoms with E-state index < -0.39 is 0 Å². The van der Waals surface area contributed by atoms with Crippen molar-refractivity contribution in [2.24, 2.45) is 0 Å². The van der Waals surface area contributed by atoms with Crippen LogP contribution < -0.4 is 16.0 Å². The second kappa shape index (κ2) is 8.15. The summed E-state index contributed by atoms with van der Waals surface area (Å²) >= 11 is 0. The molecule has 1 saturated carbocycles. The summed E-state index contributed by atoms with van der Waals surface area (Å²) < 4.78 is 0. The fourth-order valence-electron chi connectivity index (χ4n) is 2.69. The summed E-state index contributed by atoms with van der Waals surface area (Å²) in [5.41, 5.74) is 3.21. The summed E-state index contributed by atoms with van der Waals surface area (Å²) in [7, 11) is 0. The lowest BCUT2D eigenvalue weighted by atomic mass is 10.1. The van der Waals surface area contributed by atoms with Gasteiger partial charge in [0.1, 0.15) is 0 Å². The topological polar surface area (TPSA) is 70.2 Å². The van der Waals surface area contributed by atoms with E-state index in [0.717, 1.165) is 18.4 Å². The van der Waals surface area contributed by atoms with Crippen LogP contribution in [0, 0.1) is 6.92 Å². The molecule has 136 valence electrons. The van der Waals surface area contributed by atoms with Gasteiger partial charge in [0.15, 0.2) is 0 Å². The summed E-state index contributed by atoms with van der Waals surface area (Å²) in [6.07, 6.45) is 2.24. The zero-order valence-electron chi connectivity index (χ0n) is 15.2. The molecule has 0 spiro atoms. The van der Waals surface area contributed by atoms with Crippen molar-refractivity contribution in [3.8, 4) is 0 Å². The quantitative estimate of drug-likeness (QED) is 0.718. The highest BCUT2D eigenvalue weighted by atomic mass is 16.2. The molecule has 0 saturated heterocycles. The minimum absolute atomic E-state index is 0.129. The number of aryl methyl sites for hydroxylation is 1. The predicted molar refractivity (Wildman–Crippen MR) is 103 cm³/mol. The molecule has 0 aliphatic heterocycles. The van der Waals surface area contributed by atoms with Gasteiger partial charge >= 0.3 is 0 Å². The standard InChI is InChI=1S/C21H25N3O2/c1-14-7-9-16(10-8-14)13-22-21(26)18-5-3-4-6-19(18)24-20(25)15(2)23-17-11-12-17/h3-10,15,17,23H,11-13H2,1-2H3,(H,22,26)(H,24,25). The van der Waals surface area contributed by atoms with Gasteiger partial charge in [0, 0.05) is 12.6 Å². The molecule has 1 atom stereocenters. The van der Waals surface area contributed by atoms with Crippen LogP contribution in [-0.4, -0.2) is 23.9 Å². The lowest BCUT2D eigenvalue weighted by molar-refractivity contribution is -0.117. The molecule has 1 fully saturated rings. The van der Waals surface area contributed by atoms with E-state index in [1.165, 1.54) is 5.56 Å². The Balaban J connectivity index is 1.62. The largest absolute Gasteiger partial charge is 0.348 e. The number of anilines is 1. The molecule has 5 nitrogen and oxygen atoms in total. The van der Waals surface area contributed by atoms with Gasteiger partial charge < -0.3 is 16.0 Å². The van der Waals surface area contributed by atoms with E-state index in [1.54, 1.807) is 18.2 Å². The predicted octanol–water partition coefficient (Wildman–Crippen LogP) is 3.00. The second-order valence-corrected chi connectivity index (χ2v) is 6.87. The van der Waals surface area contributed by atoms with Crippen LogP contribution in [0.1, 0.15) is 41.3 Å². The molecule has 1 aliphatic carbocycles. The van der Waals surface area contributed by atoms with Crippen molar-refractivity contribution in [1.82, 2.24) is 10.6 Å². The third-order valence-electron chi connectivity index (χ3n) is 4.46. The van der Waals surface area contributed by atoms with E-state index in [4.69, 9.17) is 0 Å². The Morgan fingerprint density at radius 1 is 1.08 bits per heavy atom. The molecular weight excluding hydrogens is 326 g/mol. The Morgan fingerprint density at radius 2 is 1.77 bits per heavy atom. The monoisotopic (exact) mass is 351 g/mol. The molecular formula is C21H25N3O2. The number of hydrogen-bond donors (Lipinski definition) is 3. The maximum atomic E-state index is 12.6. The molecule has 0 radical (unpaired) electrons. The smallest absolute Gasteiger partial charge is 0.253 e. The average molecular weight is 351 g/mol. The molecule has 3 N–H and O–H groups in total. The first-order valence-electron chi connectivity index (χ1n) is 9.02. The molecule has 1 aliphatic rings. The first-order valence-corrected chi connectivity index (χ1v) is 9.02. The number of carbonyl (C=O) groups is 2. The lowest BCUT2D eigenvalue weighted by Gasteiger charge is -2.16. The van der Waals surface area contributed by atoms with Gasteiger partial charge in [-0.25, -0.2) is 0 Å². The first-order chi connectivity index (χ1) is 12.5. The average Bonchev–Trinajstić information content (AvgIpc) is 3.45. The third-order valence-corrected chi connectivity index (χ3v) is 4.46. The number of benzene rings is 2. The summed E-state index contributed by atoms with van der Waals surface area (Å²) in [6.45, 7) is 4.31. The Labute approximate surface area is 154 Å². The van der Waals surface area contributed by atoms with Crippen molar-refractivity contribution in [2.75, 3.05) is 5.32 Å². The van der Waals surface area contributed by atoms with Gasteiger partial charge in [-0.3, -0.25) is 9.59 Å². The van der Waals surface area contributed by atoms with Gasteiger partial charge in [0.25, 0.3) is 5.91 Å². The number of para-hydroxylation sites is 1. The first kappa shape index (κ1) is 18.1. The van der Waals surface area contributed by atoms with Crippen molar-refractivity contribution in [3.63, 3.8) is 0 Å². The van der Waals surface area contributed by atoms with Crippen molar-refractivity contribution in [1.29, 1.82) is 0 Å². The molecule has 5 heteroatoms. The van der Waals surface area contributed by atoms with Crippen molar-refractivity contribution in [2.45, 2.75) is 45.3 Å². The second-order valence-electron chi connectivity index (χ2n) is 6.87. The van der Waals surface area contributed by atoms with E-state index in [1.807, 2.05) is 44.2 Å². The SMILES string of the molecule is Cc1ccc(CNC(=O)c2ccccc2NC(=O)C(C)NC2CC2)cc1. The maximum Gasteiger partial charge on any atom is 0.253 e. The van der Waals surface area contributed by atoms with E-state index >= 15 is 0 Å². The molecule has 2 amide bonds. The van der Waals surface area contributed by atoms with Gasteiger partial charge in [-0.15, -0.1) is 0 Å². The third kappa shape index (κ3) is 4.92. The van der Waals surface area contributed by atoms with Crippen LogP contribution in [0.3, 0.4) is 0 Å². The fourth-order valence-corrected chi connectivity index (χ4v) is 2.69. The molecule has 26 heavy (non-hydrogen) atoms. The fraction of sp³-hybridized carbons (Fsp3) is 0.333. The number of carbonyl (C=O) groups excluding carboxylic acids is 2. The van der Waals surface area contributed by atoms with Crippen LogP contribution in [0.5, 0.6) is 0 Å². The zero-order valence-corrected chi connectivity index (χ0v) is 15.2. The summed E-state index contributed by atoms with van der Waals surface area (Å²) in [4.78, 5) is 24.9. The highest BCUT2D eigenvalue weighted by molar-refractivity contribution is 6.04. The van der Waals surface area contributed by atoms with Gasteiger partial charge in [0.05, 0.1) is 17.3 Å². The Kier molecular flexibility index (Phi) is 5.68. The molecule has 2 aromatic carbocycles. The molecule has 0 aromatic heterocycles. The van der Waals surface area contributed by atoms with Crippen LogP contribution in [0.2, 0.25) is 0 Å². The zero-order chi connectivity index (χ0) is 18.5. The highest BCUT2D eigenvalue weighted by Crippen LogP contribution is 2.20. The van der Waals surface area contributed by atoms with Gasteiger partial charge in [-0.1, -0.05) is 42.0 Å². The van der Waals surface area contributed by atoms with Crippen molar-refractivity contribution >= 4 is 17.5 Å². The molecule has 0 bridgehead atoms. The number of amides is 2. The molecule has 2 aromatic rings. The number of hydrogen-bond acceptors (Lipinski definition) is 3. The van der Waals surface area contributed by atoms with Crippen LogP contribution in [0.15, 0.2) is 48.5 Å². The van der Waals surface area contributed by atoms with Crippen LogP contribution in [0.25, 0.3) is 0 Å². The van der Waals surface area contributed by atoms with Crippen LogP contribution in [-0.2, 0) is 11.3 Å². The summed E-state index contributed by atoms with van der Waals surface area (Å²) in [5.74, 6) is -0.333. The van der Waals surface area contributed by atoms with Gasteiger partial charge in [0.2, 0.25) is 5.91 Å². The normalized spacial score (nSPS) is 14.5. The number of rotatable bonds is 7. The molecule has 1 unspecified atom stereocenters. The van der Waals surface area contributed by atoms with Gasteiger partial charge in [-0.2, -0.15) is 0 Å². The van der Waals surface area contributed by atoms with E-state index in [9.17, 15) is 9.59 Å². The van der Waals surface area contributed by atoms with Gasteiger partial charge in [-0.05, 0) is 44.4 Å². The molecule has 0 heterocycles. The van der Waals surface area contributed by atoms with Crippen LogP contribution >= 0.6 is 0 Å². The van der Waals surface area contributed by atoms with E-state index in [0.29, 0.717) is 23.8 Å². The van der Waals surface area contributed by atoms with Crippen LogP contribution in [0.4, 0.5) is 5.69 Å². The molecule has 3 rings (SSSR count). The summed E-state index contributed by atoms with van der Waals surface area (Å²) in [6, 6.07) is 15.3. The lowest BCUT2D eigenvalue weighted by Crippen LogP contribution is -2.39. The number of nitrogens with one attached hydrogen (secondary N) is 3. The Bertz CT molecular complexity index is 782. The van der Waals surface area contributed by atoms with Crippen molar-refractivity contribution < 1.29 is 9.59 Å². The maximum absolute atomic E-state index is 12.6. The minimum atomic E-state index is -0.286. The Morgan fingerprint density at radius 3 is 2.46 bits per heavy atom. The van der Waals surface area contributed by atoms with E-state index in [-0.39, 0.29) is 17.9 Å².